The smallest absolute Gasteiger partial charge is 0.161 e. The lowest BCUT2D eigenvalue weighted by Gasteiger charge is -2.06. The Hall–Kier alpha value is -1.00. The number of rotatable bonds is 4. The Morgan fingerprint density at radius 3 is 2.87 bits per heavy atom. The van der Waals surface area contributed by atoms with Crippen molar-refractivity contribution in [3.63, 3.8) is 0 Å². The van der Waals surface area contributed by atoms with E-state index in [4.69, 9.17) is 4.74 Å². The Morgan fingerprint density at radius 1 is 1.53 bits per heavy atom. The molecule has 0 aromatic heterocycles. The minimum Gasteiger partial charge on any atom is -0.504 e. The van der Waals surface area contributed by atoms with Gasteiger partial charge in [0.1, 0.15) is 0 Å². The van der Waals surface area contributed by atoms with E-state index in [9.17, 15) is 5.11 Å². The van der Waals surface area contributed by atoms with Crippen LogP contribution < -0.4 is 10.1 Å². The normalized spacial score (nSPS) is 10.9. The molecule has 0 aliphatic heterocycles. The van der Waals surface area contributed by atoms with Crippen LogP contribution in [0.1, 0.15) is 5.56 Å². The lowest BCUT2D eigenvalue weighted by molar-refractivity contribution is 0.373. The molecule has 0 atom stereocenters. The first kappa shape index (κ1) is 12.1. The average Bonchev–Trinajstić information content (AvgIpc) is 2.23. The van der Waals surface area contributed by atoms with Crippen molar-refractivity contribution in [2.45, 2.75) is 0 Å². The van der Waals surface area contributed by atoms with Gasteiger partial charge in [0.2, 0.25) is 0 Å². The van der Waals surface area contributed by atoms with E-state index in [0.717, 1.165) is 16.6 Å². The number of methoxy groups -OCH3 is 1. The van der Waals surface area contributed by atoms with Crippen LogP contribution in [0.3, 0.4) is 0 Å². The van der Waals surface area contributed by atoms with Gasteiger partial charge in [0.05, 0.1) is 7.11 Å². The van der Waals surface area contributed by atoms with E-state index in [0.29, 0.717) is 5.75 Å². The predicted molar refractivity (Wildman–Crippen MR) is 65.3 cm³/mol. The number of hydrogen-bond donors (Lipinski definition) is 2. The molecule has 82 valence electrons. The van der Waals surface area contributed by atoms with Gasteiger partial charge in [-0.3, -0.25) is 0 Å². The van der Waals surface area contributed by atoms with Crippen LogP contribution in [0.25, 0.3) is 6.08 Å². The van der Waals surface area contributed by atoms with Gasteiger partial charge < -0.3 is 15.2 Å². The largest absolute Gasteiger partial charge is 0.504 e. The van der Waals surface area contributed by atoms with Gasteiger partial charge in [-0.25, -0.2) is 0 Å². The van der Waals surface area contributed by atoms with Crippen LogP contribution in [0.15, 0.2) is 22.7 Å². The van der Waals surface area contributed by atoms with Crippen molar-refractivity contribution >= 4 is 22.0 Å². The summed E-state index contributed by atoms with van der Waals surface area (Å²) < 4.78 is 5.88. The van der Waals surface area contributed by atoms with Crippen molar-refractivity contribution < 1.29 is 9.84 Å². The summed E-state index contributed by atoms with van der Waals surface area (Å²) in [6, 6.07) is 3.41. The summed E-state index contributed by atoms with van der Waals surface area (Å²) >= 11 is 3.41. The van der Waals surface area contributed by atoms with E-state index in [1.54, 1.807) is 12.1 Å². The van der Waals surface area contributed by atoms with Crippen LogP contribution in [0.2, 0.25) is 0 Å². The maximum atomic E-state index is 9.58. The molecule has 0 radical (unpaired) electrons. The maximum Gasteiger partial charge on any atom is 0.161 e. The highest BCUT2D eigenvalue weighted by molar-refractivity contribution is 9.10. The molecule has 0 saturated carbocycles. The lowest BCUT2D eigenvalue weighted by Crippen LogP contribution is -2.03. The summed E-state index contributed by atoms with van der Waals surface area (Å²) in [4.78, 5) is 0. The zero-order valence-electron chi connectivity index (χ0n) is 8.75. The molecule has 0 aliphatic rings. The van der Waals surface area contributed by atoms with Gasteiger partial charge in [0.25, 0.3) is 0 Å². The first-order valence-electron chi connectivity index (χ1n) is 4.56. The highest BCUT2D eigenvalue weighted by Gasteiger charge is 2.05. The molecule has 0 heterocycles. The molecule has 0 amide bonds. The van der Waals surface area contributed by atoms with Gasteiger partial charge in [-0.2, -0.15) is 0 Å². The van der Waals surface area contributed by atoms with Crippen LogP contribution in [0, 0.1) is 0 Å². The van der Waals surface area contributed by atoms with Crippen LogP contribution >= 0.6 is 15.9 Å². The number of phenols is 1. The van der Waals surface area contributed by atoms with Crippen molar-refractivity contribution in [2.24, 2.45) is 0 Å². The second-order valence-electron chi connectivity index (χ2n) is 3.01. The van der Waals surface area contributed by atoms with Crippen molar-refractivity contribution in [3.05, 3.63) is 28.2 Å². The highest BCUT2D eigenvalue weighted by atomic mass is 79.9. The monoisotopic (exact) mass is 271 g/mol. The van der Waals surface area contributed by atoms with Crippen molar-refractivity contribution in [1.82, 2.24) is 5.32 Å². The zero-order valence-corrected chi connectivity index (χ0v) is 10.3. The van der Waals surface area contributed by atoms with Crippen molar-refractivity contribution in [2.75, 3.05) is 20.7 Å². The number of phenolic OH excluding ortho intramolecular Hbond substituents is 1. The molecule has 2 N–H and O–H groups in total. The van der Waals surface area contributed by atoms with Gasteiger partial charge in [-0.1, -0.05) is 28.1 Å². The summed E-state index contributed by atoms with van der Waals surface area (Å²) in [5, 5.41) is 12.6. The maximum absolute atomic E-state index is 9.58. The molecular formula is C11H14BrNO2. The third-order valence-electron chi connectivity index (χ3n) is 1.92. The standard InChI is InChI=1S/C11H14BrNO2/c1-13-5-3-4-8-6-10(14)11(15-2)7-9(8)12/h3-4,6-7,13-14H,5H2,1-2H3. The summed E-state index contributed by atoms with van der Waals surface area (Å²) in [7, 11) is 3.41. The zero-order chi connectivity index (χ0) is 11.3. The summed E-state index contributed by atoms with van der Waals surface area (Å²) in [5.74, 6) is 0.609. The number of likely N-dealkylation sites (N-methyl/N-ethyl adjacent to an activating group) is 1. The predicted octanol–water partition coefficient (Wildman–Crippen LogP) is 2.40. The van der Waals surface area contributed by atoms with E-state index in [1.165, 1.54) is 7.11 Å². The molecule has 0 spiro atoms. The molecule has 0 saturated heterocycles. The second kappa shape index (κ2) is 5.78. The molecule has 0 aliphatic carbocycles. The minimum absolute atomic E-state index is 0.143. The summed E-state index contributed by atoms with van der Waals surface area (Å²) in [5.41, 5.74) is 0.920. The molecule has 1 aromatic carbocycles. The highest BCUT2D eigenvalue weighted by Crippen LogP contribution is 2.32. The fraction of sp³-hybridized carbons (Fsp3) is 0.273. The molecule has 3 nitrogen and oxygen atoms in total. The third kappa shape index (κ3) is 3.25. The van der Waals surface area contributed by atoms with Crippen LogP contribution in [0.5, 0.6) is 11.5 Å². The summed E-state index contributed by atoms with van der Waals surface area (Å²) in [6.07, 6.45) is 3.91. The van der Waals surface area contributed by atoms with E-state index in [1.807, 2.05) is 19.2 Å². The molecule has 1 rings (SSSR count). The van der Waals surface area contributed by atoms with Gasteiger partial charge in [-0.05, 0) is 24.7 Å². The Kier molecular flexibility index (Phi) is 4.65. The molecule has 1 aromatic rings. The Bertz CT molecular complexity index is 364. The van der Waals surface area contributed by atoms with Gasteiger partial charge >= 0.3 is 0 Å². The second-order valence-corrected chi connectivity index (χ2v) is 3.86. The molecular weight excluding hydrogens is 258 g/mol. The number of hydrogen-bond acceptors (Lipinski definition) is 3. The van der Waals surface area contributed by atoms with E-state index < -0.39 is 0 Å². The Balaban J connectivity index is 2.95. The van der Waals surface area contributed by atoms with Crippen LogP contribution in [0.4, 0.5) is 0 Å². The average molecular weight is 272 g/mol. The van der Waals surface area contributed by atoms with E-state index >= 15 is 0 Å². The van der Waals surface area contributed by atoms with E-state index in [-0.39, 0.29) is 5.75 Å². The quantitative estimate of drug-likeness (QED) is 0.884. The molecule has 0 bridgehead atoms. The summed E-state index contributed by atoms with van der Waals surface area (Å²) in [6.45, 7) is 0.791. The van der Waals surface area contributed by atoms with Crippen molar-refractivity contribution in [3.8, 4) is 11.5 Å². The molecule has 0 fully saturated rings. The minimum atomic E-state index is 0.143. The van der Waals surface area contributed by atoms with Crippen molar-refractivity contribution in [1.29, 1.82) is 0 Å². The first-order valence-corrected chi connectivity index (χ1v) is 5.36. The van der Waals surface area contributed by atoms with Gasteiger partial charge in [0, 0.05) is 11.0 Å². The fourth-order valence-corrected chi connectivity index (χ4v) is 1.61. The van der Waals surface area contributed by atoms with Crippen LogP contribution in [-0.4, -0.2) is 25.8 Å². The van der Waals surface area contributed by atoms with Gasteiger partial charge in [-0.15, -0.1) is 0 Å². The molecule has 15 heavy (non-hydrogen) atoms. The van der Waals surface area contributed by atoms with Crippen LogP contribution in [-0.2, 0) is 0 Å². The topological polar surface area (TPSA) is 41.5 Å². The third-order valence-corrected chi connectivity index (χ3v) is 2.60. The number of benzene rings is 1. The number of nitrogens with one attached hydrogen (secondary N) is 1. The number of aromatic hydroxyl groups is 1. The van der Waals surface area contributed by atoms with Gasteiger partial charge in [0.15, 0.2) is 11.5 Å². The Morgan fingerprint density at radius 2 is 2.27 bits per heavy atom. The lowest BCUT2D eigenvalue weighted by atomic mass is 10.2. The molecule has 0 unspecified atom stereocenters. The van der Waals surface area contributed by atoms with E-state index in [2.05, 4.69) is 21.2 Å². The first-order chi connectivity index (χ1) is 7.19. The number of halogens is 1. The number of ether oxygens (including phenoxy) is 1. The molecule has 4 heteroatoms. The Labute approximate surface area is 97.9 Å². The fourth-order valence-electron chi connectivity index (χ4n) is 1.15. The SMILES string of the molecule is CNCC=Cc1cc(O)c(OC)cc1Br.